The molecule has 0 atom stereocenters. The highest BCUT2D eigenvalue weighted by molar-refractivity contribution is 9.11. The fourth-order valence-corrected chi connectivity index (χ4v) is 3.44. The van der Waals surface area contributed by atoms with Crippen LogP contribution in [-0.4, -0.2) is 17.1 Å². The zero-order valence-electron chi connectivity index (χ0n) is 8.78. The van der Waals surface area contributed by atoms with E-state index in [1.54, 1.807) is 11.3 Å². The molecule has 0 saturated heterocycles. The minimum Gasteiger partial charge on any atom is -0.481 e. The van der Waals surface area contributed by atoms with Gasteiger partial charge < -0.3 is 10.4 Å². The summed E-state index contributed by atoms with van der Waals surface area (Å²) < 4.78 is 1.12. The average molecular weight is 304 g/mol. The Morgan fingerprint density at radius 1 is 1.38 bits per heavy atom. The van der Waals surface area contributed by atoms with Gasteiger partial charge in [-0.05, 0) is 53.7 Å². The summed E-state index contributed by atoms with van der Waals surface area (Å²) in [5.41, 5.74) is 0. The lowest BCUT2D eigenvalue weighted by Gasteiger charge is -2.26. The second-order valence-electron chi connectivity index (χ2n) is 4.13. The Balaban J connectivity index is 1.83. The largest absolute Gasteiger partial charge is 0.481 e. The molecule has 16 heavy (non-hydrogen) atoms. The van der Waals surface area contributed by atoms with Gasteiger partial charge in [0.05, 0.1) is 14.7 Å². The number of nitrogens with one attached hydrogen (secondary N) is 1. The first-order chi connectivity index (χ1) is 7.65. The molecule has 0 spiro atoms. The molecule has 0 aliphatic heterocycles. The summed E-state index contributed by atoms with van der Waals surface area (Å²) in [6.45, 7) is 0. The summed E-state index contributed by atoms with van der Waals surface area (Å²) in [5, 5.41) is 13.5. The molecule has 0 aromatic carbocycles. The maximum Gasteiger partial charge on any atom is 0.306 e. The zero-order valence-corrected chi connectivity index (χ0v) is 11.2. The third-order valence-corrected chi connectivity index (χ3v) is 4.55. The lowest BCUT2D eigenvalue weighted by atomic mass is 9.86. The Kier molecular flexibility index (Phi) is 3.86. The number of carboxylic acid groups (broad SMARTS) is 1. The first-order valence-electron chi connectivity index (χ1n) is 5.40. The highest BCUT2D eigenvalue weighted by atomic mass is 79.9. The molecule has 0 amide bonds. The first-order valence-corrected chi connectivity index (χ1v) is 7.01. The number of aliphatic carboxylic acids is 1. The summed E-state index contributed by atoms with van der Waals surface area (Å²) in [6, 6.07) is 4.51. The lowest BCUT2D eigenvalue weighted by Crippen LogP contribution is -2.28. The zero-order chi connectivity index (χ0) is 11.5. The number of halogens is 1. The highest BCUT2D eigenvalue weighted by Crippen LogP contribution is 2.31. The maximum absolute atomic E-state index is 10.8. The maximum atomic E-state index is 10.8. The molecule has 3 nitrogen and oxygen atoms in total. The van der Waals surface area contributed by atoms with Gasteiger partial charge in [-0.1, -0.05) is 0 Å². The van der Waals surface area contributed by atoms with Gasteiger partial charge in [0.2, 0.25) is 0 Å². The van der Waals surface area contributed by atoms with Crippen LogP contribution in [0.5, 0.6) is 0 Å². The Morgan fingerprint density at radius 2 is 2.06 bits per heavy atom. The molecule has 2 rings (SSSR count). The van der Waals surface area contributed by atoms with E-state index in [4.69, 9.17) is 5.11 Å². The van der Waals surface area contributed by atoms with Crippen molar-refractivity contribution in [1.82, 2.24) is 0 Å². The van der Waals surface area contributed by atoms with Crippen molar-refractivity contribution in [3.8, 4) is 0 Å². The summed E-state index contributed by atoms with van der Waals surface area (Å²) in [5.74, 6) is -0.773. The molecule has 1 aromatic rings. The quantitative estimate of drug-likeness (QED) is 0.897. The van der Waals surface area contributed by atoms with Crippen LogP contribution in [-0.2, 0) is 4.79 Å². The van der Waals surface area contributed by atoms with Crippen molar-refractivity contribution in [2.75, 3.05) is 5.32 Å². The van der Waals surface area contributed by atoms with Crippen molar-refractivity contribution < 1.29 is 9.90 Å². The van der Waals surface area contributed by atoms with E-state index in [1.807, 2.05) is 6.07 Å². The van der Waals surface area contributed by atoms with Gasteiger partial charge in [-0.2, -0.15) is 0 Å². The second kappa shape index (κ2) is 5.19. The summed E-state index contributed by atoms with van der Waals surface area (Å²) in [6.07, 6.45) is 3.48. The summed E-state index contributed by atoms with van der Waals surface area (Å²) in [7, 11) is 0. The average Bonchev–Trinajstić information content (AvgIpc) is 2.65. The smallest absolute Gasteiger partial charge is 0.306 e. The minimum absolute atomic E-state index is 0.131. The molecule has 0 bridgehead atoms. The lowest BCUT2D eigenvalue weighted by molar-refractivity contribution is -0.142. The molecular formula is C11H14BrNO2S. The van der Waals surface area contributed by atoms with Crippen molar-refractivity contribution in [2.45, 2.75) is 31.7 Å². The first kappa shape index (κ1) is 11.9. The molecule has 88 valence electrons. The van der Waals surface area contributed by atoms with Crippen LogP contribution in [0.25, 0.3) is 0 Å². The van der Waals surface area contributed by atoms with Crippen molar-refractivity contribution in [1.29, 1.82) is 0 Å². The Morgan fingerprint density at radius 3 is 2.56 bits per heavy atom. The van der Waals surface area contributed by atoms with E-state index in [0.29, 0.717) is 6.04 Å². The fourth-order valence-electron chi connectivity index (χ4n) is 2.08. The van der Waals surface area contributed by atoms with E-state index < -0.39 is 5.97 Å². The van der Waals surface area contributed by atoms with E-state index in [-0.39, 0.29) is 5.92 Å². The number of anilines is 1. The standard InChI is InChI=1S/C11H14BrNO2S/c12-9-5-6-10(16-9)13-8-3-1-7(2-4-8)11(14)15/h5-8,13H,1-4H2,(H,14,15). The SMILES string of the molecule is O=C(O)C1CCC(Nc2ccc(Br)s2)CC1. The van der Waals surface area contributed by atoms with Crippen LogP contribution in [0.3, 0.4) is 0 Å². The van der Waals surface area contributed by atoms with Crippen LogP contribution in [0, 0.1) is 5.92 Å². The van der Waals surface area contributed by atoms with Gasteiger partial charge in [0.15, 0.2) is 0 Å². The molecule has 1 saturated carbocycles. The molecule has 1 aromatic heterocycles. The van der Waals surface area contributed by atoms with Crippen LogP contribution >= 0.6 is 27.3 Å². The molecular weight excluding hydrogens is 290 g/mol. The van der Waals surface area contributed by atoms with Crippen molar-refractivity contribution >= 4 is 38.2 Å². The van der Waals surface area contributed by atoms with E-state index in [2.05, 4.69) is 27.3 Å². The molecule has 1 fully saturated rings. The molecule has 2 N–H and O–H groups in total. The number of hydrogen-bond donors (Lipinski definition) is 2. The van der Waals surface area contributed by atoms with Crippen LogP contribution in [0.1, 0.15) is 25.7 Å². The predicted octanol–water partition coefficient (Wildman–Crippen LogP) is 3.57. The Labute approximate surface area is 107 Å². The highest BCUT2D eigenvalue weighted by Gasteiger charge is 2.25. The van der Waals surface area contributed by atoms with Gasteiger partial charge in [-0.25, -0.2) is 0 Å². The Hall–Kier alpha value is -0.550. The Bertz CT molecular complexity index is 372. The van der Waals surface area contributed by atoms with Gasteiger partial charge in [0, 0.05) is 6.04 Å². The number of carbonyl (C=O) groups is 1. The third-order valence-electron chi connectivity index (χ3n) is 3.00. The van der Waals surface area contributed by atoms with Gasteiger partial charge >= 0.3 is 5.97 Å². The summed E-state index contributed by atoms with van der Waals surface area (Å²) >= 11 is 5.10. The molecule has 0 radical (unpaired) electrons. The normalized spacial score (nSPS) is 25.3. The van der Waals surface area contributed by atoms with E-state index in [9.17, 15) is 4.79 Å². The van der Waals surface area contributed by atoms with Crippen molar-refractivity contribution in [3.63, 3.8) is 0 Å². The molecule has 1 aliphatic carbocycles. The van der Waals surface area contributed by atoms with Crippen LogP contribution in [0.4, 0.5) is 5.00 Å². The van der Waals surface area contributed by atoms with Crippen molar-refractivity contribution in [2.24, 2.45) is 5.92 Å². The van der Waals surface area contributed by atoms with E-state index in [0.717, 1.165) is 34.5 Å². The van der Waals surface area contributed by atoms with E-state index >= 15 is 0 Å². The topological polar surface area (TPSA) is 49.3 Å². The molecule has 0 unspecified atom stereocenters. The minimum atomic E-state index is -0.641. The third kappa shape index (κ3) is 2.98. The van der Waals surface area contributed by atoms with Crippen LogP contribution in [0.2, 0.25) is 0 Å². The number of carboxylic acids is 1. The van der Waals surface area contributed by atoms with Gasteiger partial charge in [0.1, 0.15) is 0 Å². The number of rotatable bonds is 3. The molecule has 5 heteroatoms. The molecule has 1 heterocycles. The van der Waals surface area contributed by atoms with Crippen LogP contribution < -0.4 is 5.32 Å². The predicted molar refractivity (Wildman–Crippen MR) is 69.0 cm³/mol. The number of hydrogen-bond acceptors (Lipinski definition) is 3. The van der Waals surface area contributed by atoms with Gasteiger partial charge in [0.25, 0.3) is 0 Å². The molecule has 1 aliphatic rings. The van der Waals surface area contributed by atoms with Gasteiger partial charge in [-0.15, -0.1) is 11.3 Å². The monoisotopic (exact) mass is 303 g/mol. The number of thiophene rings is 1. The van der Waals surface area contributed by atoms with Crippen LogP contribution in [0.15, 0.2) is 15.9 Å². The fraction of sp³-hybridized carbons (Fsp3) is 0.545. The van der Waals surface area contributed by atoms with E-state index in [1.165, 1.54) is 0 Å². The second-order valence-corrected chi connectivity index (χ2v) is 6.60. The summed E-state index contributed by atoms with van der Waals surface area (Å²) in [4.78, 5) is 10.8. The van der Waals surface area contributed by atoms with Crippen molar-refractivity contribution in [3.05, 3.63) is 15.9 Å². The van der Waals surface area contributed by atoms with Gasteiger partial charge in [-0.3, -0.25) is 4.79 Å².